The van der Waals surface area contributed by atoms with Crippen LogP contribution >= 0.6 is 0 Å². The molecule has 0 spiro atoms. The molecule has 0 aromatic heterocycles. The van der Waals surface area contributed by atoms with Gasteiger partial charge in [-0.05, 0) is 60.3 Å². The number of ether oxygens (including phenoxy) is 2. The number of hydrogen-bond acceptors (Lipinski definition) is 4. The van der Waals surface area contributed by atoms with Crippen LogP contribution in [0.5, 0.6) is 11.5 Å². The predicted octanol–water partition coefficient (Wildman–Crippen LogP) is 5.08. The van der Waals surface area contributed by atoms with Gasteiger partial charge in [-0.3, -0.25) is 4.79 Å². The van der Waals surface area contributed by atoms with Gasteiger partial charge >= 0.3 is 0 Å². The van der Waals surface area contributed by atoms with Crippen molar-refractivity contribution < 1.29 is 14.3 Å². The second-order valence-corrected chi connectivity index (χ2v) is 6.72. The lowest BCUT2D eigenvalue weighted by atomic mass is 9.62. The minimum absolute atomic E-state index is 0.0209. The first kappa shape index (κ1) is 18.8. The number of carbonyl (C=O) groups is 1. The lowest BCUT2D eigenvalue weighted by Crippen LogP contribution is -2.47. The average Bonchev–Trinajstić information content (AvgIpc) is 2.74. The SMILES string of the molecule is COc1ccc(C(=O)[C@]2(c3ccc(OC)cc3)CCCC[C@@H]2N=[N+]=[N-])cc1. The minimum atomic E-state index is -0.870. The summed E-state index contributed by atoms with van der Waals surface area (Å²) in [5, 5.41) is 4.04. The minimum Gasteiger partial charge on any atom is -0.497 e. The largest absolute Gasteiger partial charge is 0.497 e. The summed E-state index contributed by atoms with van der Waals surface area (Å²) in [5.74, 6) is 1.40. The lowest BCUT2D eigenvalue weighted by molar-refractivity contribution is 0.0812. The van der Waals surface area contributed by atoms with Gasteiger partial charge in [0.25, 0.3) is 0 Å². The van der Waals surface area contributed by atoms with Gasteiger partial charge in [-0.25, -0.2) is 0 Å². The Morgan fingerprint density at radius 3 is 2.19 bits per heavy atom. The molecule has 0 radical (unpaired) electrons. The maximum atomic E-state index is 13.7. The molecule has 0 N–H and O–H groups in total. The first-order valence-corrected chi connectivity index (χ1v) is 9.03. The van der Waals surface area contributed by atoms with E-state index in [0.717, 1.165) is 24.2 Å². The van der Waals surface area contributed by atoms with Crippen LogP contribution in [0.25, 0.3) is 10.4 Å². The standard InChI is InChI=1S/C21H23N3O3/c1-26-17-10-6-15(7-11-17)20(25)21(14-4-3-5-19(21)23-24-22)16-8-12-18(27-2)13-9-16/h6-13,19H,3-5,14H2,1-2H3/t19-,21-/m0/s1. The summed E-state index contributed by atoms with van der Waals surface area (Å²) >= 11 is 0. The summed E-state index contributed by atoms with van der Waals surface area (Å²) in [5.41, 5.74) is 9.69. The van der Waals surface area contributed by atoms with Crippen LogP contribution in [0, 0.1) is 0 Å². The van der Waals surface area contributed by atoms with Gasteiger partial charge in [0.15, 0.2) is 5.78 Å². The molecule has 0 heterocycles. The summed E-state index contributed by atoms with van der Waals surface area (Å²) < 4.78 is 10.5. The number of carbonyl (C=O) groups excluding carboxylic acids is 1. The molecule has 140 valence electrons. The van der Waals surface area contributed by atoms with E-state index >= 15 is 0 Å². The highest BCUT2D eigenvalue weighted by molar-refractivity contribution is 6.05. The Labute approximate surface area is 158 Å². The van der Waals surface area contributed by atoms with E-state index in [9.17, 15) is 4.79 Å². The van der Waals surface area contributed by atoms with Crippen molar-refractivity contribution in [3.63, 3.8) is 0 Å². The summed E-state index contributed by atoms with van der Waals surface area (Å²) in [6.45, 7) is 0. The van der Waals surface area contributed by atoms with Gasteiger partial charge in [0.05, 0.1) is 25.7 Å². The van der Waals surface area contributed by atoms with Crippen LogP contribution in [0.4, 0.5) is 0 Å². The number of rotatable bonds is 6. The fourth-order valence-electron chi connectivity index (χ4n) is 3.99. The average molecular weight is 365 g/mol. The van der Waals surface area contributed by atoms with E-state index in [2.05, 4.69) is 10.0 Å². The molecule has 1 aliphatic rings. The number of azide groups is 1. The number of nitrogens with zero attached hydrogens (tertiary/aromatic N) is 3. The molecule has 0 unspecified atom stereocenters. The Hall–Kier alpha value is -2.98. The van der Waals surface area contributed by atoms with Crippen LogP contribution in [0.3, 0.4) is 0 Å². The van der Waals surface area contributed by atoms with Crippen molar-refractivity contribution in [2.24, 2.45) is 5.11 Å². The first-order chi connectivity index (χ1) is 13.2. The molecule has 1 saturated carbocycles. The van der Waals surface area contributed by atoms with Crippen molar-refractivity contribution in [3.8, 4) is 11.5 Å². The summed E-state index contributed by atoms with van der Waals surface area (Å²) in [6.07, 6.45) is 3.19. The van der Waals surface area contributed by atoms with E-state index in [1.165, 1.54) is 0 Å². The summed E-state index contributed by atoms with van der Waals surface area (Å²) in [6, 6.07) is 14.2. The Morgan fingerprint density at radius 2 is 1.63 bits per heavy atom. The highest BCUT2D eigenvalue weighted by Gasteiger charge is 2.48. The predicted molar refractivity (Wildman–Crippen MR) is 103 cm³/mol. The molecule has 0 amide bonds. The molecule has 0 aliphatic heterocycles. The van der Waals surface area contributed by atoms with Crippen LogP contribution in [0.2, 0.25) is 0 Å². The van der Waals surface area contributed by atoms with E-state index < -0.39 is 11.5 Å². The fourth-order valence-corrected chi connectivity index (χ4v) is 3.99. The normalized spacial score (nSPS) is 21.8. The van der Waals surface area contributed by atoms with E-state index in [-0.39, 0.29) is 5.78 Å². The zero-order chi connectivity index (χ0) is 19.3. The molecule has 2 aromatic rings. The molecule has 0 saturated heterocycles. The topological polar surface area (TPSA) is 84.3 Å². The molecule has 3 rings (SSSR count). The maximum Gasteiger partial charge on any atom is 0.173 e. The Kier molecular flexibility index (Phi) is 5.67. The van der Waals surface area contributed by atoms with Crippen LogP contribution in [-0.4, -0.2) is 26.0 Å². The molecular weight excluding hydrogens is 342 g/mol. The van der Waals surface area contributed by atoms with E-state index in [1.807, 2.05) is 24.3 Å². The second kappa shape index (κ2) is 8.14. The number of methoxy groups -OCH3 is 2. The molecule has 1 aliphatic carbocycles. The van der Waals surface area contributed by atoms with E-state index in [1.54, 1.807) is 38.5 Å². The van der Waals surface area contributed by atoms with Crippen molar-refractivity contribution in [2.75, 3.05) is 14.2 Å². The maximum absolute atomic E-state index is 13.7. The monoisotopic (exact) mass is 365 g/mol. The molecule has 27 heavy (non-hydrogen) atoms. The van der Waals surface area contributed by atoms with Gasteiger partial charge in [-0.15, -0.1) is 0 Å². The quantitative estimate of drug-likeness (QED) is 0.310. The van der Waals surface area contributed by atoms with Crippen LogP contribution in [0.15, 0.2) is 53.6 Å². The van der Waals surface area contributed by atoms with E-state index in [4.69, 9.17) is 15.0 Å². The van der Waals surface area contributed by atoms with Crippen molar-refractivity contribution in [2.45, 2.75) is 37.1 Å². The third kappa shape index (κ3) is 3.49. The highest BCUT2D eigenvalue weighted by Crippen LogP contribution is 2.44. The number of Topliss-reactive ketones (excluding diaryl/α,β-unsaturated/α-hetero) is 1. The number of ketones is 1. The van der Waals surface area contributed by atoms with Gasteiger partial charge in [0, 0.05) is 10.5 Å². The molecule has 0 bridgehead atoms. The van der Waals surface area contributed by atoms with Gasteiger partial charge in [0.2, 0.25) is 0 Å². The molecule has 6 nitrogen and oxygen atoms in total. The first-order valence-electron chi connectivity index (χ1n) is 9.03. The van der Waals surface area contributed by atoms with Gasteiger partial charge in [0.1, 0.15) is 11.5 Å². The zero-order valence-corrected chi connectivity index (χ0v) is 15.6. The van der Waals surface area contributed by atoms with Gasteiger partial charge in [-0.2, -0.15) is 0 Å². The molecule has 1 fully saturated rings. The third-order valence-corrected chi connectivity index (χ3v) is 5.42. The van der Waals surface area contributed by atoms with Crippen LogP contribution in [0.1, 0.15) is 41.6 Å². The number of benzene rings is 2. The van der Waals surface area contributed by atoms with Crippen molar-refractivity contribution in [1.82, 2.24) is 0 Å². The van der Waals surface area contributed by atoms with Crippen LogP contribution < -0.4 is 9.47 Å². The van der Waals surface area contributed by atoms with Crippen molar-refractivity contribution >= 4 is 5.78 Å². The van der Waals surface area contributed by atoms with E-state index in [0.29, 0.717) is 24.2 Å². The summed E-state index contributed by atoms with van der Waals surface area (Å²) in [4.78, 5) is 16.8. The summed E-state index contributed by atoms with van der Waals surface area (Å²) in [7, 11) is 3.20. The second-order valence-electron chi connectivity index (χ2n) is 6.72. The lowest BCUT2D eigenvalue weighted by Gasteiger charge is -2.41. The Bertz CT molecular complexity index is 842. The molecular formula is C21H23N3O3. The molecule has 2 aromatic carbocycles. The Morgan fingerprint density at radius 1 is 1.04 bits per heavy atom. The van der Waals surface area contributed by atoms with Gasteiger partial charge in [-0.1, -0.05) is 30.1 Å². The van der Waals surface area contributed by atoms with Crippen molar-refractivity contribution in [3.05, 3.63) is 70.1 Å². The Balaban J connectivity index is 2.12. The molecule has 6 heteroatoms. The molecule has 2 atom stereocenters. The van der Waals surface area contributed by atoms with Crippen molar-refractivity contribution in [1.29, 1.82) is 0 Å². The third-order valence-electron chi connectivity index (χ3n) is 5.42. The fraction of sp³-hybridized carbons (Fsp3) is 0.381. The van der Waals surface area contributed by atoms with Crippen LogP contribution in [-0.2, 0) is 5.41 Å². The highest BCUT2D eigenvalue weighted by atomic mass is 16.5. The smallest absolute Gasteiger partial charge is 0.173 e. The zero-order valence-electron chi connectivity index (χ0n) is 15.6. The van der Waals surface area contributed by atoms with Gasteiger partial charge < -0.3 is 9.47 Å². The number of hydrogen-bond donors (Lipinski definition) is 0.